The molecule has 0 radical (unpaired) electrons. The number of fused-ring (bicyclic) bond motifs is 1. The van der Waals surface area contributed by atoms with Gasteiger partial charge in [-0.2, -0.15) is 0 Å². The van der Waals surface area contributed by atoms with Crippen molar-refractivity contribution in [2.75, 3.05) is 13.7 Å². The van der Waals surface area contributed by atoms with Gasteiger partial charge in [0, 0.05) is 31.0 Å². The number of hydrogen-bond donors (Lipinski definition) is 1. The molecular formula is C15H28N2O2. The highest BCUT2D eigenvalue weighted by Crippen LogP contribution is 2.58. The maximum absolute atomic E-state index is 12.9. The maximum Gasteiger partial charge on any atom is 0.243 e. The Morgan fingerprint density at radius 2 is 1.95 bits per heavy atom. The van der Waals surface area contributed by atoms with E-state index in [1.165, 1.54) is 0 Å². The molecule has 0 aromatic carbocycles. The first-order valence-corrected chi connectivity index (χ1v) is 7.33. The Balaban J connectivity index is 2.23. The van der Waals surface area contributed by atoms with Gasteiger partial charge in [0.1, 0.15) is 5.54 Å². The Morgan fingerprint density at radius 3 is 2.47 bits per heavy atom. The van der Waals surface area contributed by atoms with Crippen molar-refractivity contribution in [1.82, 2.24) is 4.90 Å². The summed E-state index contributed by atoms with van der Waals surface area (Å²) in [5, 5.41) is 0. The molecule has 1 aliphatic heterocycles. The molecule has 2 fully saturated rings. The van der Waals surface area contributed by atoms with Gasteiger partial charge in [-0.25, -0.2) is 0 Å². The number of carbonyl (C=O) groups excluding carboxylic acids is 1. The number of nitrogens with two attached hydrogens (primary N) is 1. The highest BCUT2D eigenvalue weighted by atomic mass is 16.5. The van der Waals surface area contributed by atoms with E-state index in [9.17, 15) is 4.79 Å². The van der Waals surface area contributed by atoms with Crippen molar-refractivity contribution in [3.8, 4) is 0 Å². The van der Waals surface area contributed by atoms with E-state index in [0.29, 0.717) is 5.92 Å². The predicted octanol–water partition coefficient (Wildman–Crippen LogP) is 1.63. The summed E-state index contributed by atoms with van der Waals surface area (Å²) < 4.78 is 5.75. The van der Waals surface area contributed by atoms with Gasteiger partial charge in [0.2, 0.25) is 5.91 Å². The molecule has 0 bridgehead atoms. The van der Waals surface area contributed by atoms with Crippen LogP contribution in [-0.4, -0.2) is 42.1 Å². The minimum absolute atomic E-state index is 0.0745. The quantitative estimate of drug-likeness (QED) is 0.846. The van der Waals surface area contributed by atoms with Crippen molar-refractivity contribution < 1.29 is 9.53 Å². The Bertz CT molecular complexity index is 380. The average Bonchev–Trinajstić information content (AvgIpc) is 2.82. The van der Waals surface area contributed by atoms with Gasteiger partial charge in [0.05, 0.1) is 6.10 Å². The third-order valence-electron chi connectivity index (χ3n) is 5.70. The molecule has 2 rings (SSSR count). The Morgan fingerprint density at radius 1 is 1.37 bits per heavy atom. The number of hydrogen-bond acceptors (Lipinski definition) is 3. The second kappa shape index (κ2) is 4.45. The Kier molecular flexibility index (Phi) is 3.47. The van der Waals surface area contributed by atoms with E-state index in [4.69, 9.17) is 10.5 Å². The van der Waals surface area contributed by atoms with Crippen LogP contribution in [-0.2, 0) is 9.53 Å². The molecule has 0 aromatic rings. The fourth-order valence-electron chi connectivity index (χ4n) is 3.74. The zero-order chi connectivity index (χ0) is 14.6. The van der Waals surface area contributed by atoms with Gasteiger partial charge in [-0.3, -0.25) is 4.79 Å². The number of ether oxygens (including phenoxy) is 1. The topological polar surface area (TPSA) is 55.6 Å². The molecule has 110 valence electrons. The lowest BCUT2D eigenvalue weighted by molar-refractivity contribution is -0.185. The van der Waals surface area contributed by atoms with Crippen LogP contribution in [0.2, 0.25) is 0 Å². The van der Waals surface area contributed by atoms with E-state index in [0.717, 1.165) is 13.0 Å². The third-order valence-corrected chi connectivity index (χ3v) is 5.70. The van der Waals surface area contributed by atoms with Crippen molar-refractivity contribution in [2.45, 2.75) is 58.7 Å². The van der Waals surface area contributed by atoms with Crippen LogP contribution < -0.4 is 5.73 Å². The summed E-state index contributed by atoms with van der Waals surface area (Å²) in [6.45, 7) is 11.2. The monoisotopic (exact) mass is 268 g/mol. The molecule has 19 heavy (non-hydrogen) atoms. The van der Waals surface area contributed by atoms with Crippen LogP contribution in [0, 0.1) is 17.3 Å². The largest absolute Gasteiger partial charge is 0.377 e. The van der Waals surface area contributed by atoms with Gasteiger partial charge < -0.3 is 15.4 Å². The molecule has 4 atom stereocenters. The molecule has 2 N–H and O–H groups in total. The zero-order valence-corrected chi connectivity index (χ0v) is 13.1. The van der Waals surface area contributed by atoms with E-state index in [-0.39, 0.29) is 29.4 Å². The molecule has 1 saturated heterocycles. The van der Waals surface area contributed by atoms with E-state index in [1.807, 2.05) is 11.9 Å². The molecule has 2 aliphatic rings. The van der Waals surface area contributed by atoms with Crippen molar-refractivity contribution in [2.24, 2.45) is 23.0 Å². The molecule has 1 saturated carbocycles. The van der Waals surface area contributed by atoms with Crippen LogP contribution in [0.15, 0.2) is 0 Å². The molecule has 1 heterocycles. The fourth-order valence-corrected chi connectivity index (χ4v) is 3.74. The Hall–Kier alpha value is -0.610. The van der Waals surface area contributed by atoms with Crippen LogP contribution in [0.4, 0.5) is 0 Å². The molecule has 0 aromatic heterocycles. The third kappa shape index (κ3) is 1.76. The van der Waals surface area contributed by atoms with Crippen LogP contribution in [0.1, 0.15) is 41.0 Å². The van der Waals surface area contributed by atoms with Crippen LogP contribution in [0.3, 0.4) is 0 Å². The molecule has 1 amide bonds. The second-order valence-electron chi connectivity index (χ2n) is 7.18. The summed E-state index contributed by atoms with van der Waals surface area (Å²) in [5.41, 5.74) is 5.52. The van der Waals surface area contributed by atoms with Crippen LogP contribution in [0.5, 0.6) is 0 Å². The highest BCUT2D eigenvalue weighted by molar-refractivity contribution is 5.89. The lowest BCUT2D eigenvalue weighted by Crippen LogP contribution is -2.80. The van der Waals surface area contributed by atoms with Crippen molar-refractivity contribution in [3.63, 3.8) is 0 Å². The number of nitrogens with zero attached hydrogens (tertiary/aromatic N) is 1. The smallest absolute Gasteiger partial charge is 0.243 e. The molecule has 0 spiro atoms. The van der Waals surface area contributed by atoms with Crippen molar-refractivity contribution in [3.05, 3.63) is 0 Å². The van der Waals surface area contributed by atoms with Crippen LogP contribution >= 0.6 is 0 Å². The van der Waals surface area contributed by atoms with E-state index < -0.39 is 5.54 Å². The number of rotatable bonds is 3. The first-order chi connectivity index (χ1) is 8.65. The summed E-state index contributed by atoms with van der Waals surface area (Å²) in [6, 6.07) is 0.199. The summed E-state index contributed by atoms with van der Waals surface area (Å²) in [4.78, 5) is 14.7. The first-order valence-electron chi connectivity index (χ1n) is 7.33. The minimum atomic E-state index is -0.772. The number of likely N-dealkylation sites (N-methyl/N-ethyl adjacent to an activating group) is 1. The van der Waals surface area contributed by atoms with Gasteiger partial charge >= 0.3 is 0 Å². The van der Waals surface area contributed by atoms with E-state index in [1.54, 1.807) is 0 Å². The van der Waals surface area contributed by atoms with Gasteiger partial charge in [0.15, 0.2) is 0 Å². The summed E-state index contributed by atoms with van der Waals surface area (Å²) >= 11 is 0. The summed E-state index contributed by atoms with van der Waals surface area (Å²) in [7, 11) is 1.88. The maximum atomic E-state index is 12.9. The molecule has 4 heteroatoms. The SMILES string of the molecule is CC(C)C(C)N(C)C(=O)C1(N)C2CCOC2C1(C)C. The number of carbonyl (C=O) groups is 1. The molecular weight excluding hydrogens is 240 g/mol. The predicted molar refractivity (Wildman–Crippen MR) is 75.6 cm³/mol. The van der Waals surface area contributed by atoms with Crippen LogP contribution in [0.25, 0.3) is 0 Å². The van der Waals surface area contributed by atoms with Gasteiger partial charge in [-0.15, -0.1) is 0 Å². The normalized spacial score (nSPS) is 37.7. The minimum Gasteiger partial charge on any atom is -0.377 e. The first kappa shape index (κ1) is 14.8. The lowest BCUT2D eigenvalue weighted by Gasteiger charge is -2.61. The number of amides is 1. The summed E-state index contributed by atoms with van der Waals surface area (Å²) in [5.74, 6) is 0.679. The molecule has 4 unspecified atom stereocenters. The van der Waals surface area contributed by atoms with Gasteiger partial charge in [0.25, 0.3) is 0 Å². The van der Waals surface area contributed by atoms with Gasteiger partial charge in [-0.1, -0.05) is 27.7 Å². The van der Waals surface area contributed by atoms with E-state index in [2.05, 4.69) is 34.6 Å². The standard InChI is InChI=1S/C15H28N2O2/c1-9(2)10(3)17(6)13(18)15(16)11-7-8-19-12(11)14(15,4)5/h9-12H,7-8,16H2,1-6H3. The van der Waals surface area contributed by atoms with Gasteiger partial charge in [-0.05, 0) is 19.3 Å². The molecule has 4 nitrogen and oxygen atoms in total. The average molecular weight is 268 g/mol. The highest BCUT2D eigenvalue weighted by Gasteiger charge is 2.71. The second-order valence-corrected chi connectivity index (χ2v) is 7.18. The Labute approximate surface area is 116 Å². The van der Waals surface area contributed by atoms with Crippen molar-refractivity contribution in [1.29, 1.82) is 0 Å². The van der Waals surface area contributed by atoms with E-state index >= 15 is 0 Å². The zero-order valence-electron chi connectivity index (χ0n) is 13.1. The molecule has 1 aliphatic carbocycles. The van der Waals surface area contributed by atoms with Crippen molar-refractivity contribution >= 4 is 5.91 Å². The fraction of sp³-hybridized carbons (Fsp3) is 0.933. The lowest BCUT2D eigenvalue weighted by atomic mass is 9.47. The summed E-state index contributed by atoms with van der Waals surface area (Å²) in [6.07, 6.45) is 1.05.